The summed E-state index contributed by atoms with van der Waals surface area (Å²) in [5.41, 5.74) is 0.772. The maximum Gasteiger partial charge on any atom is 0.290 e. The van der Waals surface area contributed by atoms with E-state index in [4.69, 9.17) is 0 Å². The van der Waals surface area contributed by atoms with Crippen molar-refractivity contribution in [3.05, 3.63) is 17.7 Å². The van der Waals surface area contributed by atoms with Crippen molar-refractivity contribution in [2.75, 3.05) is 45.2 Å². The Balaban J connectivity index is 1.83. The summed E-state index contributed by atoms with van der Waals surface area (Å²) in [5.74, 6) is -0.253. The van der Waals surface area contributed by atoms with Crippen LogP contribution in [-0.4, -0.2) is 102 Å². The van der Waals surface area contributed by atoms with Crippen molar-refractivity contribution in [1.29, 1.82) is 0 Å². The molecule has 0 unspecified atom stereocenters. The van der Waals surface area contributed by atoms with Gasteiger partial charge in [-0.25, -0.2) is 13.4 Å². The third kappa shape index (κ3) is 3.54. The zero-order chi connectivity index (χ0) is 18.4. The third-order valence-electron chi connectivity index (χ3n) is 4.79. The minimum atomic E-state index is -3.25. The normalized spacial score (nSPS) is 25.6. The Kier molecular flexibility index (Phi) is 4.58. The molecule has 0 radical (unpaired) electrons. The molecule has 1 aromatic heterocycles. The van der Waals surface area contributed by atoms with Gasteiger partial charge in [0.15, 0.2) is 15.7 Å². The van der Waals surface area contributed by atoms with Gasteiger partial charge in [-0.15, -0.1) is 0 Å². The number of imidazole rings is 1. The summed E-state index contributed by atoms with van der Waals surface area (Å²) in [6.45, 7) is 2.79. The number of piperazine rings is 1. The molecule has 0 aliphatic carbocycles. The van der Waals surface area contributed by atoms with Crippen LogP contribution in [0.4, 0.5) is 0 Å². The summed E-state index contributed by atoms with van der Waals surface area (Å²) in [6, 6.07) is -0.811. The number of amides is 2. The Hall–Kier alpha value is -1.94. The van der Waals surface area contributed by atoms with Crippen LogP contribution in [0.25, 0.3) is 0 Å². The summed E-state index contributed by atoms with van der Waals surface area (Å²) in [5, 5.41) is 0. The zero-order valence-electron chi connectivity index (χ0n) is 14.6. The van der Waals surface area contributed by atoms with Crippen LogP contribution < -0.4 is 0 Å². The first-order chi connectivity index (χ1) is 11.7. The summed E-state index contributed by atoms with van der Waals surface area (Å²) in [4.78, 5) is 36.7. The molecule has 25 heavy (non-hydrogen) atoms. The molecule has 2 fully saturated rings. The second-order valence-corrected chi connectivity index (χ2v) is 9.04. The molecule has 0 spiro atoms. The number of hydrogen-bond donors (Lipinski definition) is 1. The molecule has 2 amide bonds. The van der Waals surface area contributed by atoms with Crippen molar-refractivity contribution in [3.63, 3.8) is 0 Å². The Morgan fingerprint density at radius 3 is 2.56 bits per heavy atom. The van der Waals surface area contributed by atoms with Crippen LogP contribution in [-0.2, 0) is 14.6 Å². The lowest BCUT2D eigenvalue weighted by Crippen LogP contribution is -2.62. The number of nitrogens with one attached hydrogen (secondary N) is 1. The molecule has 3 rings (SSSR count). The van der Waals surface area contributed by atoms with Crippen LogP contribution >= 0.6 is 0 Å². The summed E-state index contributed by atoms with van der Waals surface area (Å²) < 4.78 is 24.4. The molecular weight excluding hydrogens is 346 g/mol. The lowest BCUT2D eigenvalue weighted by atomic mass is 10.0. The molecule has 2 atom stereocenters. The standard InChI is InChI=1S/C15H23N5O4S/c1-10-6-16-14(17-10)15(22)20-5-4-19(7-13(21)18(2)3)11-8-25(23,24)9-12(11)20/h6,11-12H,4-5,7-9H2,1-3H3,(H,16,17)/t11-,12+/m0/s1. The number of H-pyrrole nitrogens is 1. The van der Waals surface area contributed by atoms with Crippen LogP contribution in [0.15, 0.2) is 6.20 Å². The summed E-state index contributed by atoms with van der Waals surface area (Å²) in [6.07, 6.45) is 1.57. The number of aryl methyl sites for hydroxylation is 1. The SMILES string of the molecule is Cc1cnc(C(=O)N2CCN(CC(=O)N(C)C)[C@H]3CS(=O)(=O)C[C@H]32)[nH]1. The van der Waals surface area contributed by atoms with E-state index < -0.39 is 15.9 Å². The minimum absolute atomic E-state index is 0.0284. The molecule has 0 aromatic carbocycles. The second-order valence-electron chi connectivity index (χ2n) is 6.88. The van der Waals surface area contributed by atoms with Gasteiger partial charge in [0.05, 0.1) is 24.1 Å². The van der Waals surface area contributed by atoms with Gasteiger partial charge in [0.25, 0.3) is 5.91 Å². The highest BCUT2D eigenvalue weighted by atomic mass is 32.2. The molecule has 2 aliphatic heterocycles. The van der Waals surface area contributed by atoms with Crippen LogP contribution in [0, 0.1) is 6.92 Å². The van der Waals surface area contributed by atoms with Gasteiger partial charge >= 0.3 is 0 Å². The fourth-order valence-electron chi connectivity index (χ4n) is 3.45. The van der Waals surface area contributed by atoms with Gasteiger partial charge in [-0.2, -0.15) is 0 Å². The molecule has 10 heteroatoms. The Morgan fingerprint density at radius 2 is 1.96 bits per heavy atom. The molecule has 3 heterocycles. The van der Waals surface area contributed by atoms with Crippen LogP contribution in [0.5, 0.6) is 0 Å². The number of hydrogen-bond acceptors (Lipinski definition) is 6. The van der Waals surface area contributed by atoms with E-state index in [1.807, 2.05) is 4.90 Å². The highest BCUT2D eigenvalue weighted by Gasteiger charge is 2.48. The quantitative estimate of drug-likeness (QED) is 0.712. The molecule has 1 aromatic rings. The average Bonchev–Trinajstić information content (AvgIpc) is 3.09. The fraction of sp³-hybridized carbons (Fsp3) is 0.667. The number of fused-ring (bicyclic) bond motifs is 1. The van der Waals surface area contributed by atoms with E-state index >= 15 is 0 Å². The van der Waals surface area contributed by atoms with Crippen molar-refractivity contribution < 1.29 is 18.0 Å². The molecule has 0 bridgehead atoms. The first kappa shape index (κ1) is 17.9. The van der Waals surface area contributed by atoms with E-state index in [0.29, 0.717) is 13.1 Å². The number of carbonyl (C=O) groups excluding carboxylic acids is 2. The number of aromatic amines is 1. The molecule has 2 aliphatic rings. The lowest BCUT2D eigenvalue weighted by molar-refractivity contribution is -0.131. The van der Waals surface area contributed by atoms with Gasteiger partial charge in [0.2, 0.25) is 5.91 Å². The smallest absolute Gasteiger partial charge is 0.290 e. The molecule has 0 saturated carbocycles. The monoisotopic (exact) mass is 369 g/mol. The van der Waals surface area contributed by atoms with Gasteiger partial charge in [0.1, 0.15) is 0 Å². The third-order valence-corrected chi connectivity index (χ3v) is 6.49. The number of sulfone groups is 1. The number of aromatic nitrogens is 2. The van der Waals surface area contributed by atoms with Gasteiger partial charge in [-0.05, 0) is 6.92 Å². The molecule has 1 N–H and O–H groups in total. The topological polar surface area (TPSA) is 107 Å². The highest BCUT2D eigenvalue weighted by molar-refractivity contribution is 7.91. The van der Waals surface area contributed by atoms with Crippen LogP contribution in [0.1, 0.15) is 16.3 Å². The lowest BCUT2D eigenvalue weighted by Gasteiger charge is -2.43. The van der Waals surface area contributed by atoms with Gasteiger partial charge in [0, 0.05) is 45.1 Å². The van der Waals surface area contributed by atoms with E-state index in [0.717, 1.165) is 5.69 Å². The summed E-state index contributed by atoms with van der Waals surface area (Å²) >= 11 is 0. The predicted octanol–water partition coefficient (Wildman–Crippen LogP) is -1.27. The highest BCUT2D eigenvalue weighted by Crippen LogP contribution is 2.27. The van der Waals surface area contributed by atoms with Crippen molar-refractivity contribution in [3.8, 4) is 0 Å². The number of rotatable bonds is 3. The van der Waals surface area contributed by atoms with Gasteiger partial charge in [-0.3, -0.25) is 14.5 Å². The van der Waals surface area contributed by atoms with Crippen molar-refractivity contribution >= 4 is 21.7 Å². The second kappa shape index (κ2) is 6.41. The largest absolute Gasteiger partial charge is 0.348 e. The van der Waals surface area contributed by atoms with E-state index in [9.17, 15) is 18.0 Å². The number of carbonyl (C=O) groups is 2. The van der Waals surface area contributed by atoms with Gasteiger partial charge < -0.3 is 14.8 Å². The maximum atomic E-state index is 12.7. The summed E-state index contributed by atoms with van der Waals surface area (Å²) in [7, 11) is 0.0894. The number of likely N-dealkylation sites (N-methyl/N-ethyl adjacent to an activating group) is 1. The first-order valence-electron chi connectivity index (χ1n) is 8.15. The van der Waals surface area contributed by atoms with Crippen molar-refractivity contribution in [2.45, 2.75) is 19.0 Å². The van der Waals surface area contributed by atoms with Crippen LogP contribution in [0.2, 0.25) is 0 Å². The maximum absolute atomic E-state index is 12.7. The average molecular weight is 369 g/mol. The van der Waals surface area contributed by atoms with E-state index in [2.05, 4.69) is 9.97 Å². The first-order valence-corrected chi connectivity index (χ1v) is 9.97. The number of nitrogens with zero attached hydrogens (tertiary/aromatic N) is 4. The van der Waals surface area contributed by atoms with E-state index in [1.54, 1.807) is 32.1 Å². The Labute approximate surface area is 146 Å². The zero-order valence-corrected chi connectivity index (χ0v) is 15.4. The van der Waals surface area contributed by atoms with Crippen molar-refractivity contribution in [2.24, 2.45) is 0 Å². The minimum Gasteiger partial charge on any atom is -0.348 e. The molecule has 138 valence electrons. The van der Waals surface area contributed by atoms with Gasteiger partial charge in [-0.1, -0.05) is 0 Å². The van der Waals surface area contributed by atoms with Crippen molar-refractivity contribution in [1.82, 2.24) is 24.7 Å². The predicted molar refractivity (Wildman–Crippen MR) is 90.9 cm³/mol. The van der Waals surface area contributed by atoms with E-state index in [-0.39, 0.29) is 41.7 Å². The van der Waals surface area contributed by atoms with E-state index in [1.165, 1.54) is 4.90 Å². The Bertz CT molecular complexity index is 788. The molecule has 9 nitrogen and oxygen atoms in total. The fourth-order valence-corrected chi connectivity index (χ4v) is 5.46. The van der Waals surface area contributed by atoms with Crippen LogP contribution in [0.3, 0.4) is 0 Å². The molecular formula is C15H23N5O4S. The molecule has 2 saturated heterocycles. The Morgan fingerprint density at radius 1 is 1.28 bits per heavy atom.